The van der Waals surface area contributed by atoms with Crippen LogP contribution in [0.15, 0.2) is 91.0 Å². The molecule has 0 fully saturated rings. The third kappa shape index (κ3) is 9.35. The number of nitrogens with two attached hydrogens (primary N) is 1. The summed E-state index contributed by atoms with van der Waals surface area (Å²) < 4.78 is 22.2. The van der Waals surface area contributed by atoms with Crippen molar-refractivity contribution >= 4 is 61.2 Å². The van der Waals surface area contributed by atoms with E-state index in [0.29, 0.717) is 33.0 Å². The van der Waals surface area contributed by atoms with Crippen LogP contribution in [0.1, 0.15) is 0 Å². The number of halogens is 1. The van der Waals surface area contributed by atoms with Crippen molar-refractivity contribution in [3.05, 3.63) is 91.0 Å². The molecule has 0 aromatic heterocycles. The van der Waals surface area contributed by atoms with E-state index >= 15 is 0 Å². The fraction of sp³-hybridized carbons (Fsp3) is 0.355. The van der Waals surface area contributed by atoms with Gasteiger partial charge in [0.1, 0.15) is 6.54 Å². The van der Waals surface area contributed by atoms with Gasteiger partial charge >= 0.3 is 205 Å². The molecule has 1 amide bonds. The van der Waals surface area contributed by atoms with E-state index < -0.39 is 23.2 Å². The van der Waals surface area contributed by atoms with Crippen molar-refractivity contribution in [1.29, 1.82) is 0 Å². The number of benzene rings is 3. The van der Waals surface area contributed by atoms with Gasteiger partial charge in [-0.2, -0.15) is 12.6 Å². The summed E-state index contributed by atoms with van der Waals surface area (Å²) in [4.78, 5) is 23.2. The Kier molecular flexibility index (Phi) is 14.4. The van der Waals surface area contributed by atoms with E-state index in [9.17, 15) is 9.59 Å². The van der Waals surface area contributed by atoms with Crippen molar-refractivity contribution in [3.8, 4) is 0 Å². The van der Waals surface area contributed by atoms with Crippen molar-refractivity contribution in [2.75, 3.05) is 64.7 Å². The number of amides is 1. The van der Waals surface area contributed by atoms with Crippen molar-refractivity contribution in [3.63, 3.8) is 0 Å². The number of rotatable bonds is 19. The average molecular weight is 680 g/mol. The van der Waals surface area contributed by atoms with Crippen LogP contribution in [-0.4, -0.2) is 82.6 Å². The summed E-state index contributed by atoms with van der Waals surface area (Å²) in [5.41, 5.74) is 5.52. The molecular formula is C31H40BrN2O6PS. The Labute approximate surface area is 261 Å². The van der Waals surface area contributed by atoms with Crippen LogP contribution in [0.5, 0.6) is 0 Å². The number of hydrogen-bond donors (Lipinski definition) is 3. The van der Waals surface area contributed by atoms with Crippen LogP contribution in [-0.2, 0) is 28.5 Å². The Balaban J connectivity index is 1.40. The zero-order chi connectivity index (χ0) is 30.1. The third-order valence-electron chi connectivity index (χ3n) is 6.71. The maximum atomic E-state index is 11.7. The molecule has 0 aliphatic heterocycles. The van der Waals surface area contributed by atoms with Gasteiger partial charge in [0, 0.05) is 5.75 Å². The molecule has 3 rings (SSSR count). The molecular weight excluding hydrogens is 639 g/mol. The van der Waals surface area contributed by atoms with Gasteiger partial charge in [0.2, 0.25) is 5.91 Å². The Morgan fingerprint density at radius 3 is 1.55 bits per heavy atom. The second kappa shape index (κ2) is 17.7. The Hall–Kier alpha value is -2.30. The number of hydrogen-bond acceptors (Lipinski definition) is 8. The Bertz CT molecular complexity index is 1130. The fourth-order valence-corrected chi connectivity index (χ4v) is 11.7. The molecule has 1 atom stereocenters. The van der Waals surface area contributed by atoms with Crippen molar-refractivity contribution < 1.29 is 28.5 Å². The van der Waals surface area contributed by atoms with Crippen molar-refractivity contribution in [2.45, 2.75) is 6.04 Å². The van der Waals surface area contributed by atoms with Crippen molar-refractivity contribution in [2.24, 2.45) is 5.73 Å². The molecule has 0 spiro atoms. The minimum absolute atomic E-state index is 0.0826. The molecule has 0 heterocycles. The molecule has 0 aliphatic rings. The Morgan fingerprint density at radius 1 is 0.714 bits per heavy atom. The molecule has 0 saturated carbocycles. The molecule has 3 aromatic carbocycles. The van der Waals surface area contributed by atoms with E-state index in [0.717, 1.165) is 6.16 Å². The van der Waals surface area contributed by atoms with E-state index in [1.165, 1.54) is 15.9 Å². The molecule has 11 heteroatoms. The van der Waals surface area contributed by atoms with E-state index in [1.54, 1.807) is 0 Å². The number of ether oxygens (including phenoxy) is 4. The summed E-state index contributed by atoms with van der Waals surface area (Å²) in [5.74, 6) is -0.814. The molecule has 8 nitrogen and oxygen atoms in total. The number of thiol groups is 1. The van der Waals surface area contributed by atoms with E-state index in [-0.39, 0.29) is 25.5 Å². The van der Waals surface area contributed by atoms with Crippen LogP contribution in [0.3, 0.4) is 0 Å². The zero-order valence-corrected chi connectivity index (χ0v) is 27.0. The average Bonchev–Trinajstić information content (AvgIpc) is 3.04. The van der Waals surface area contributed by atoms with E-state index in [1.807, 2.05) is 18.2 Å². The normalized spacial score (nSPS) is 13.1. The Morgan fingerprint density at radius 2 is 1.12 bits per heavy atom. The predicted octanol–water partition coefficient (Wildman–Crippen LogP) is 2.79. The maximum absolute atomic E-state index is 11.7. The first-order valence-electron chi connectivity index (χ1n) is 13.8. The molecule has 42 heavy (non-hydrogen) atoms. The standard InChI is InChI=1S/C31H40BrN2O6PS/c32-41(26-10-4-1-5-11-26,27-12-6-2-7-13-27,28-14-8-3-9-15-28)23-22-39-19-18-37-16-17-38-20-21-40-30(35)24-34-31(36)29(33)25-42/h1-15,29,42H,16-25,33H2,(H,34,36). The molecule has 0 radical (unpaired) electrons. The summed E-state index contributed by atoms with van der Waals surface area (Å²) in [6, 6.07) is 31.1. The summed E-state index contributed by atoms with van der Waals surface area (Å²) in [7, 11) is 0. The predicted molar refractivity (Wildman–Crippen MR) is 177 cm³/mol. The van der Waals surface area contributed by atoms with Gasteiger partial charge in [0.25, 0.3) is 0 Å². The van der Waals surface area contributed by atoms with Gasteiger partial charge in [-0.05, 0) is 0 Å². The molecule has 0 aliphatic carbocycles. The number of nitrogens with one attached hydrogen (secondary N) is 1. The van der Waals surface area contributed by atoms with Gasteiger partial charge in [0.05, 0.1) is 6.04 Å². The topological polar surface area (TPSA) is 109 Å². The molecule has 1 unspecified atom stereocenters. The van der Waals surface area contributed by atoms with Crippen molar-refractivity contribution in [1.82, 2.24) is 5.32 Å². The summed E-state index contributed by atoms with van der Waals surface area (Å²) >= 11 is 8.36. The molecule has 3 N–H and O–H groups in total. The number of carbonyl (C=O) groups is 2. The molecule has 3 aromatic rings. The van der Waals surface area contributed by atoms with Gasteiger partial charge in [-0.25, -0.2) is 0 Å². The van der Waals surface area contributed by atoms with Gasteiger partial charge < -0.3 is 11.1 Å². The van der Waals surface area contributed by atoms with Crippen LogP contribution < -0.4 is 27.0 Å². The number of esters is 1. The van der Waals surface area contributed by atoms with Gasteiger partial charge in [-0.1, -0.05) is 0 Å². The summed E-state index contributed by atoms with van der Waals surface area (Å²) in [6.07, 6.45) is 0.789. The van der Waals surface area contributed by atoms with Crippen LogP contribution in [0, 0.1) is 0 Å². The van der Waals surface area contributed by atoms with Crippen LogP contribution >= 0.6 is 33.4 Å². The first-order valence-corrected chi connectivity index (χ1v) is 18.9. The second-order valence-electron chi connectivity index (χ2n) is 9.48. The summed E-state index contributed by atoms with van der Waals surface area (Å²) in [6.45, 7) is 2.26. The summed E-state index contributed by atoms with van der Waals surface area (Å²) in [5, 5.41) is 3.17. The number of carbonyl (C=O) groups excluding carboxylic acids is 2. The first-order chi connectivity index (χ1) is 20.4. The van der Waals surface area contributed by atoms with Crippen LogP contribution in [0.2, 0.25) is 0 Å². The fourth-order valence-electron chi connectivity index (χ4n) is 4.47. The quantitative estimate of drug-likeness (QED) is 0.0775. The third-order valence-corrected chi connectivity index (χ3v) is 17.0. The van der Waals surface area contributed by atoms with Gasteiger partial charge in [0.15, 0.2) is 0 Å². The molecule has 0 saturated heterocycles. The van der Waals surface area contributed by atoms with E-state index in [2.05, 4.69) is 106 Å². The SMILES string of the molecule is NC(CS)C(=O)NCC(=O)OCCOCCOCCOCCP(Br)(c1ccccc1)(c1ccccc1)c1ccccc1. The first kappa shape index (κ1) is 34.2. The second-order valence-corrected chi connectivity index (χ2v) is 18.9. The van der Waals surface area contributed by atoms with Gasteiger partial charge in [-0.15, -0.1) is 0 Å². The molecule has 228 valence electrons. The van der Waals surface area contributed by atoms with Crippen LogP contribution in [0.25, 0.3) is 0 Å². The molecule has 0 bridgehead atoms. The zero-order valence-electron chi connectivity index (χ0n) is 23.6. The van der Waals surface area contributed by atoms with E-state index in [4.69, 9.17) is 24.7 Å². The van der Waals surface area contributed by atoms with Gasteiger partial charge in [-0.3, -0.25) is 9.59 Å². The minimum atomic E-state index is -3.00. The van der Waals surface area contributed by atoms with Crippen LogP contribution in [0.4, 0.5) is 0 Å². The monoisotopic (exact) mass is 678 g/mol.